The molecule has 1 aromatic rings. The highest BCUT2D eigenvalue weighted by molar-refractivity contribution is 5.14. The summed E-state index contributed by atoms with van der Waals surface area (Å²) < 4.78 is 0. The van der Waals surface area contributed by atoms with Crippen molar-refractivity contribution in [2.45, 2.75) is 52.4 Å². The molecule has 16 heavy (non-hydrogen) atoms. The minimum Gasteiger partial charge on any atom is -0.264 e. The molecule has 0 aliphatic carbocycles. The molecule has 1 nitrogen and oxygen atoms in total. The number of rotatable bonds is 7. The van der Waals surface area contributed by atoms with Crippen molar-refractivity contribution < 1.29 is 0 Å². The highest BCUT2D eigenvalue weighted by Gasteiger charge is 1.93. The molecular weight excluding hydrogens is 194 g/mol. The van der Waals surface area contributed by atoms with Gasteiger partial charge in [0.15, 0.2) is 0 Å². The fourth-order valence-electron chi connectivity index (χ4n) is 1.74. The normalized spacial score (nSPS) is 11.8. The van der Waals surface area contributed by atoms with E-state index < -0.39 is 0 Å². The lowest BCUT2D eigenvalue weighted by molar-refractivity contribution is 0.663. The Morgan fingerprint density at radius 2 is 2.19 bits per heavy atom. The summed E-state index contributed by atoms with van der Waals surface area (Å²) in [6.07, 6.45) is 13.8. The highest BCUT2D eigenvalue weighted by atomic mass is 14.6. The zero-order chi connectivity index (χ0) is 11.6. The lowest BCUT2D eigenvalue weighted by Crippen LogP contribution is -1.85. The van der Waals surface area contributed by atoms with Crippen LogP contribution >= 0.6 is 0 Å². The van der Waals surface area contributed by atoms with Crippen LogP contribution in [-0.4, -0.2) is 4.98 Å². The molecule has 0 aliphatic heterocycles. The predicted octanol–water partition coefficient (Wildman–Crippen LogP) is 4.54. The van der Waals surface area contributed by atoms with Gasteiger partial charge < -0.3 is 0 Å². The van der Waals surface area contributed by atoms with Gasteiger partial charge in [0.25, 0.3) is 0 Å². The maximum absolute atomic E-state index is 4.12. The van der Waals surface area contributed by atoms with Crippen LogP contribution in [0.1, 0.15) is 51.5 Å². The van der Waals surface area contributed by atoms with Crippen molar-refractivity contribution in [1.29, 1.82) is 0 Å². The first-order valence-electron chi connectivity index (χ1n) is 6.37. The van der Waals surface area contributed by atoms with Gasteiger partial charge in [0, 0.05) is 12.4 Å². The maximum Gasteiger partial charge on any atom is 0.0303 e. The van der Waals surface area contributed by atoms with Crippen LogP contribution in [0.5, 0.6) is 0 Å². The quantitative estimate of drug-likeness (QED) is 0.482. The molecule has 0 radical (unpaired) electrons. The summed E-state index contributed by atoms with van der Waals surface area (Å²) in [5.41, 5.74) is 2.82. The average Bonchev–Trinajstić information content (AvgIpc) is 2.33. The third-order valence-electron chi connectivity index (χ3n) is 2.83. The molecule has 1 aromatic heterocycles. The molecule has 0 unspecified atom stereocenters. The van der Waals surface area contributed by atoms with Crippen molar-refractivity contribution >= 4 is 0 Å². The van der Waals surface area contributed by atoms with E-state index in [2.05, 4.69) is 31.0 Å². The van der Waals surface area contributed by atoms with Crippen LogP contribution in [0.15, 0.2) is 36.2 Å². The van der Waals surface area contributed by atoms with Gasteiger partial charge in [-0.2, -0.15) is 0 Å². The van der Waals surface area contributed by atoms with Crippen LogP contribution in [0.4, 0.5) is 0 Å². The van der Waals surface area contributed by atoms with Gasteiger partial charge in [-0.25, -0.2) is 0 Å². The fraction of sp³-hybridized carbons (Fsp3) is 0.533. The number of pyridine rings is 1. The number of aromatic nitrogens is 1. The Morgan fingerprint density at radius 3 is 2.88 bits per heavy atom. The predicted molar refractivity (Wildman–Crippen MR) is 70.5 cm³/mol. The summed E-state index contributed by atoms with van der Waals surface area (Å²) in [4.78, 5) is 4.12. The van der Waals surface area contributed by atoms with Gasteiger partial charge >= 0.3 is 0 Å². The Balaban J connectivity index is 2.23. The fourth-order valence-corrected chi connectivity index (χ4v) is 1.74. The monoisotopic (exact) mass is 217 g/mol. The van der Waals surface area contributed by atoms with Crippen molar-refractivity contribution in [3.05, 3.63) is 41.7 Å². The van der Waals surface area contributed by atoms with Gasteiger partial charge in [-0.05, 0) is 37.8 Å². The maximum atomic E-state index is 4.12. The number of hydrogen-bond donors (Lipinski definition) is 0. The summed E-state index contributed by atoms with van der Waals surface area (Å²) in [5.74, 6) is 0. The molecule has 0 bridgehead atoms. The zero-order valence-electron chi connectivity index (χ0n) is 10.6. The summed E-state index contributed by atoms with van der Waals surface area (Å²) in [6, 6.07) is 4.13. The van der Waals surface area contributed by atoms with Crippen LogP contribution in [0.3, 0.4) is 0 Å². The molecule has 0 aliphatic rings. The van der Waals surface area contributed by atoms with E-state index in [-0.39, 0.29) is 0 Å². The summed E-state index contributed by atoms with van der Waals surface area (Å²) in [5, 5.41) is 0. The highest BCUT2D eigenvalue weighted by Crippen LogP contribution is 2.10. The topological polar surface area (TPSA) is 12.9 Å². The van der Waals surface area contributed by atoms with E-state index in [9.17, 15) is 0 Å². The van der Waals surface area contributed by atoms with Crippen molar-refractivity contribution in [3.8, 4) is 0 Å². The average molecular weight is 217 g/mol. The molecule has 1 heteroatoms. The van der Waals surface area contributed by atoms with E-state index in [1.807, 2.05) is 18.5 Å². The molecule has 0 N–H and O–H groups in total. The first-order valence-corrected chi connectivity index (χ1v) is 6.37. The largest absolute Gasteiger partial charge is 0.264 e. The molecule has 0 spiro atoms. The van der Waals surface area contributed by atoms with Crippen molar-refractivity contribution in [2.24, 2.45) is 0 Å². The van der Waals surface area contributed by atoms with Gasteiger partial charge in [0.1, 0.15) is 0 Å². The van der Waals surface area contributed by atoms with Gasteiger partial charge in [-0.1, -0.05) is 43.9 Å². The molecule has 1 heterocycles. The molecule has 0 atom stereocenters. The van der Waals surface area contributed by atoms with Crippen LogP contribution in [0.2, 0.25) is 0 Å². The molecule has 0 saturated carbocycles. The second-order valence-electron chi connectivity index (χ2n) is 4.43. The third-order valence-corrected chi connectivity index (χ3v) is 2.83. The van der Waals surface area contributed by atoms with E-state index in [1.54, 1.807) is 0 Å². The standard InChI is InChI=1S/C15H23N/c1-3-4-5-6-8-14(2)10-11-15-9-7-12-16-13-15/h7,9-10,12-13H,3-6,8,11H2,1-2H3/b14-10+. The van der Waals surface area contributed by atoms with E-state index in [0.29, 0.717) is 0 Å². The second-order valence-corrected chi connectivity index (χ2v) is 4.43. The number of allylic oxidation sites excluding steroid dienone is 2. The summed E-state index contributed by atoms with van der Waals surface area (Å²) in [7, 11) is 0. The number of nitrogens with zero attached hydrogens (tertiary/aromatic N) is 1. The Bertz CT molecular complexity index is 300. The lowest BCUT2D eigenvalue weighted by atomic mass is 10.1. The lowest BCUT2D eigenvalue weighted by Gasteiger charge is -2.01. The van der Waals surface area contributed by atoms with Crippen LogP contribution < -0.4 is 0 Å². The Hall–Kier alpha value is -1.11. The van der Waals surface area contributed by atoms with Crippen molar-refractivity contribution in [1.82, 2.24) is 4.98 Å². The first kappa shape index (κ1) is 13.0. The molecule has 1 rings (SSSR count). The SMILES string of the molecule is CCCCCC/C(C)=C/Cc1cccnc1. The molecule has 0 aromatic carbocycles. The van der Waals surface area contributed by atoms with Gasteiger partial charge in [-0.15, -0.1) is 0 Å². The third kappa shape index (κ3) is 5.69. The summed E-state index contributed by atoms with van der Waals surface area (Å²) in [6.45, 7) is 4.49. The van der Waals surface area contributed by atoms with E-state index in [0.717, 1.165) is 6.42 Å². The number of hydrogen-bond acceptors (Lipinski definition) is 1. The van der Waals surface area contributed by atoms with Gasteiger partial charge in [0.05, 0.1) is 0 Å². The molecule has 0 saturated heterocycles. The van der Waals surface area contributed by atoms with E-state index in [4.69, 9.17) is 0 Å². The van der Waals surface area contributed by atoms with Gasteiger partial charge in [-0.3, -0.25) is 4.98 Å². The van der Waals surface area contributed by atoms with Gasteiger partial charge in [0.2, 0.25) is 0 Å². The Labute approximate surface area is 99.6 Å². The molecule has 0 fully saturated rings. The molecule has 0 amide bonds. The van der Waals surface area contributed by atoms with E-state index >= 15 is 0 Å². The van der Waals surface area contributed by atoms with Crippen molar-refractivity contribution in [2.75, 3.05) is 0 Å². The van der Waals surface area contributed by atoms with Crippen LogP contribution in [0, 0.1) is 0 Å². The second kappa shape index (κ2) is 8.09. The van der Waals surface area contributed by atoms with Crippen molar-refractivity contribution in [3.63, 3.8) is 0 Å². The Morgan fingerprint density at radius 1 is 1.31 bits per heavy atom. The minimum absolute atomic E-state index is 1.02. The summed E-state index contributed by atoms with van der Waals surface area (Å²) >= 11 is 0. The van der Waals surface area contributed by atoms with Crippen LogP contribution in [-0.2, 0) is 6.42 Å². The minimum atomic E-state index is 1.02. The first-order chi connectivity index (χ1) is 7.83. The van der Waals surface area contributed by atoms with Crippen LogP contribution in [0.25, 0.3) is 0 Å². The zero-order valence-corrected chi connectivity index (χ0v) is 10.6. The smallest absolute Gasteiger partial charge is 0.0303 e. The Kier molecular flexibility index (Phi) is 6.55. The molecular formula is C15H23N. The number of unbranched alkanes of at least 4 members (excludes halogenated alkanes) is 3. The van der Waals surface area contributed by atoms with E-state index in [1.165, 1.54) is 43.2 Å². The molecule has 88 valence electrons.